The first-order valence-electron chi connectivity index (χ1n) is 4.24. The fourth-order valence-corrected chi connectivity index (χ4v) is 1.99. The molecule has 0 amide bonds. The molecule has 1 saturated heterocycles. The Kier molecular flexibility index (Phi) is 2.37. The van der Waals surface area contributed by atoms with Crippen molar-refractivity contribution < 1.29 is 4.74 Å². The summed E-state index contributed by atoms with van der Waals surface area (Å²) >= 11 is 1.50. The van der Waals surface area contributed by atoms with Crippen molar-refractivity contribution in [1.29, 1.82) is 0 Å². The summed E-state index contributed by atoms with van der Waals surface area (Å²) in [5.74, 6) is 1.57. The van der Waals surface area contributed by atoms with E-state index in [1.807, 2.05) is 6.92 Å². The molecule has 4 heteroatoms. The van der Waals surface area contributed by atoms with E-state index in [2.05, 4.69) is 9.36 Å². The minimum absolute atomic E-state index is 0.545. The first-order valence-corrected chi connectivity index (χ1v) is 5.01. The quantitative estimate of drug-likeness (QED) is 0.667. The molecule has 0 radical (unpaired) electrons. The van der Waals surface area contributed by atoms with Crippen molar-refractivity contribution >= 4 is 11.5 Å². The number of hydrogen-bond acceptors (Lipinski definition) is 4. The Morgan fingerprint density at radius 2 is 2.17 bits per heavy atom. The van der Waals surface area contributed by atoms with E-state index < -0.39 is 0 Å². The van der Waals surface area contributed by atoms with Crippen LogP contribution in [0.3, 0.4) is 0 Å². The Bertz CT molecular complexity index is 255. The maximum atomic E-state index is 5.28. The highest BCUT2D eigenvalue weighted by Gasteiger charge is 2.19. The van der Waals surface area contributed by atoms with Gasteiger partial charge in [-0.1, -0.05) is 0 Å². The summed E-state index contributed by atoms with van der Waals surface area (Å²) in [6.07, 6.45) is 2.16. The average molecular weight is 184 g/mol. The van der Waals surface area contributed by atoms with Crippen LogP contribution in [0.5, 0.6) is 0 Å². The summed E-state index contributed by atoms with van der Waals surface area (Å²) in [4.78, 5) is 4.39. The number of aryl methyl sites for hydroxylation is 1. The molecule has 0 aliphatic carbocycles. The second-order valence-corrected chi connectivity index (χ2v) is 4.01. The van der Waals surface area contributed by atoms with Crippen LogP contribution < -0.4 is 0 Å². The van der Waals surface area contributed by atoms with Crippen molar-refractivity contribution in [1.82, 2.24) is 9.36 Å². The molecule has 1 aliphatic rings. The van der Waals surface area contributed by atoms with Gasteiger partial charge in [0.15, 0.2) is 0 Å². The van der Waals surface area contributed by atoms with Crippen LogP contribution in [0.2, 0.25) is 0 Å². The predicted molar refractivity (Wildman–Crippen MR) is 47.4 cm³/mol. The zero-order valence-corrected chi connectivity index (χ0v) is 7.93. The fourth-order valence-electron chi connectivity index (χ4n) is 1.44. The van der Waals surface area contributed by atoms with E-state index in [0.717, 1.165) is 36.9 Å². The Labute approximate surface area is 75.9 Å². The molecule has 1 aromatic heterocycles. The van der Waals surface area contributed by atoms with Gasteiger partial charge in [-0.15, -0.1) is 0 Å². The molecule has 1 fully saturated rings. The molecule has 0 atom stereocenters. The summed E-state index contributed by atoms with van der Waals surface area (Å²) in [5, 5.41) is 1.07. The summed E-state index contributed by atoms with van der Waals surface area (Å²) in [6.45, 7) is 3.73. The Morgan fingerprint density at radius 1 is 1.42 bits per heavy atom. The lowest BCUT2D eigenvalue weighted by Crippen LogP contribution is -2.15. The fraction of sp³-hybridized carbons (Fsp3) is 0.750. The molecule has 2 heterocycles. The monoisotopic (exact) mass is 184 g/mol. The van der Waals surface area contributed by atoms with Crippen molar-refractivity contribution in [2.24, 2.45) is 0 Å². The Hall–Kier alpha value is -0.480. The minimum atomic E-state index is 0.545. The van der Waals surface area contributed by atoms with Crippen LogP contribution in [0.4, 0.5) is 0 Å². The lowest BCUT2D eigenvalue weighted by Gasteiger charge is -2.18. The molecule has 0 bridgehead atoms. The van der Waals surface area contributed by atoms with Crippen molar-refractivity contribution in [2.75, 3.05) is 13.2 Å². The predicted octanol–water partition coefficient (Wildman–Crippen LogP) is 1.74. The van der Waals surface area contributed by atoms with E-state index in [-0.39, 0.29) is 0 Å². The van der Waals surface area contributed by atoms with Crippen molar-refractivity contribution in [3.63, 3.8) is 0 Å². The van der Waals surface area contributed by atoms with Gasteiger partial charge in [0.05, 0.1) is 0 Å². The highest BCUT2D eigenvalue weighted by Crippen LogP contribution is 2.25. The van der Waals surface area contributed by atoms with Gasteiger partial charge >= 0.3 is 0 Å². The van der Waals surface area contributed by atoms with Gasteiger partial charge in [-0.2, -0.15) is 4.37 Å². The molecule has 1 aliphatic heterocycles. The topological polar surface area (TPSA) is 35.0 Å². The van der Waals surface area contributed by atoms with Gasteiger partial charge in [-0.3, -0.25) is 0 Å². The molecule has 12 heavy (non-hydrogen) atoms. The average Bonchev–Trinajstić information content (AvgIpc) is 2.54. The highest BCUT2D eigenvalue weighted by atomic mass is 32.1. The van der Waals surface area contributed by atoms with Crippen LogP contribution in [0.25, 0.3) is 0 Å². The van der Waals surface area contributed by atoms with Gasteiger partial charge in [0.1, 0.15) is 10.8 Å². The van der Waals surface area contributed by atoms with Crippen LogP contribution in [-0.4, -0.2) is 22.6 Å². The highest BCUT2D eigenvalue weighted by molar-refractivity contribution is 7.05. The SMILES string of the molecule is Cc1nc(C2CCOCC2)ns1. The Morgan fingerprint density at radius 3 is 2.75 bits per heavy atom. The normalized spacial score (nSPS) is 19.8. The number of aromatic nitrogens is 2. The van der Waals surface area contributed by atoms with Crippen LogP contribution >= 0.6 is 11.5 Å². The maximum Gasteiger partial charge on any atom is 0.145 e. The van der Waals surface area contributed by atoms with Gasteiger partial charge in [-0.25, -0.2) is 4.98 Å². The molecule has 0 unspecified atom stereocenters. The largest absolute Gasteiger partial charge is 0.381 e. The molecule has 3 nitrogen and oxygen atoms in total. The standard InChI is InChI=1S/C8H12N2OS/c1-6-9-8(10-12-6)7-2-4-11-5-3-7/h7H,2-5H2,1H3. The van der Waals surface area contributed by atoms with E-state index >= 15 is 0 Å². The summed E-state index contributed by atoms with van der Waals surface area (Å²) < 4.78 is 9.59. The first kappa shape index (κ1) is 8.13. The van der Waals surface area contributed by atoms with Gasteiger partial charge < -0.3 is 4.74 Å². The molecular weight excluding hydrogens is 172 g/mol. The van der Waals surface area contributed by atoms with Gasteiger partial charge in [0, 0.05) is 19.1 Å². The van der Waals surface area contributed by atoms with Crippen LogP contribution in [0.1, 0.15) is 29.6 Å². The smallest absolute Gasteiger partial charge is 0.145 e. The maximum absolute atomic E-state index is 5.28. The second-order valence-electron chi connectivity index (χ2n) is 3.06. The molecule has 1 aromatic rings. The number of ether oxygens (including phenoxy) is 1. The summed E-state index contributed by atoms with van der Waals surface area (Å²) in [5.41, 5.74) is 0. The second kappa shape index (κ2) is 3.49. The van der Waals surface area contributed by atoms with Crippen molar-refractivity contribution in [2.45, 2.75) is 25.7 Å². The van der Waals surface area contributed by atoms with E-state index in [9.17, 15) is 0 Å². The minimum Gasteiger partial charge on any atom is -0.381 e. The van der Waals surface area contributed by atoms with E-state index in [0.29, 0.717) is 5.92 Å². The molecule has 0 spiro atoms. The van der Waals surface area contributed by atoms with Crippen molar-refractivity contribution in [3.8, 4) is 0 Å². The lowest BCUT2D eigenvalue weighted by molar-refractivity contribution is 0.0838. The van der Waals surface area contributed by atoms with Gasteiger partial charge in [0.25, 0.3) is 0 Å². The number of nitrogens with zero attached hydrogens (tertiary/aromatic N) is 2. The van der Waals surface area contributed by atoms with E-state index in [4.69, 9.17) is 4.74 Å². The lowest BCUT2D eigenvalue weighted by atomic mass is 10.00. The zero-order chi connectivity index (χ0) is 8.39. The van der Waals surface area contributed by atoms with Crippen LogP contribution in [0.15, 0.2) is 0 Å². The molecule has 66 valence electrons. The van der Waals surface area contributed by atoms with Gasteiger partial charge in [-0.05, 0) is 31.3 Å². The van der Waals surface area contributed by atoms with E-state index in [1.165, 1.54) is 11.5 Å². The molecule has 0 saturated carbocycles. The molecule has 0 N–H and O–H groups in total. The van der Waals surface area contributed by atoms with E-state index in [1.54, 1.807) is 0 Å². The Balaban J connectivity index is 2.08. The van der Waals surface area contributed by atoms with Crippen LogP contribution in [0, 0.1) is 6.92 Å². The first-order chi connectivity index (χ1) is 5.86. The zero-order valence-electron chi connectivity index (χ0n) is 7.12. The third-order valence-corrected chi connectivity index (χ3v) is 2.76. The molecule has 0 aromatic carbocycles. The number of hydrogen-bond donors (Lipinski definition) is 0. The molecule has 2 rings (SSSR count). The van der Waals surface area contributed by atoms with Crippen LogP contribution in [-0.2, 0) is 4.74 Å². The third kappa shape index (κ3) is 1.64. The molecular formula is C8H12N2OS. The third-order valence-electron chi connectivity index (χ3n) is 2.13. The summed E-state index contributed by atoms with van der Waals surface area (Å²) in [7, 11) is 0. The summed E-state index contributed by atoms with van der Waals surface area (Å²) in [6, 6.07) is 0. The van der Waals surface area contributed by atoms with Crippen molar-refractivity contribution in [3.05, 3.63) is 10.8 Å². The van der Waals surface area contributed by atoms with Gasteiger partial charge in [0.2, 0.25) is 0 Å². The number of rotatable bonds is 1.